The first-order valence-corrected chi connectivity index (χ1v) is 6.78. The zero-order chi connectivity index (χ0) is 14.1. The fourth-order valence-corrected chi connectivity index (χ4v) is 2.48. The Hall–Kier alpha value is -2.23. The molecule has 1 saturated carbocycles. The summed E-state index contributed by atoms with van der Waals surface area (Å²) in [5.74, 6) is 0.0438. The van der Waals surface area contributed by atoms with Gasteiger partial charge in [0.05, 0.1) is 18.4 Å². The van der Waals surface area contributed by atoms with Crippen LogP contribution >= 0.6 is 0 Å². The molecule has 0 radical (unpaired) electrons. The number of aryl methyl sites for hydroxylation is 1. The van der Waals surface area contributed by atoms with Crippen LogP contribution in [0.5, 0.6) is 0 Å². The molecule has 1 aliphatic carbocycles. The Morgan fingerprint density at radius 1 is 1.40 bits per heavy atom. The number of carboxylic acid groups (broad SMARTS) is 1. The summed E-state index contributed by atoms with van der Waals surface area (Å²) in [6.07, 6.45) is 4.04. The van der Waals surface area contributed by atoms with Gasteiger partial charge in [-0.15, -0.1) is 0 Å². The molecule has 0 saturated heterocycles. The molecule has 0 amide bonds. The fraction of sp³-hybridized carbons (Fsp3) is 0.312. The minimum atomic E-state index is -0.886. The van der Waals surface area contributed by atoms with Gasteiger partial charge in [0.25, 0.3) is 0 Å². The SMILES string of the molecule is Cc1cc(C(=O)O)ccc1N(Cc1ccco1)C1CC1. The lowest BCUT2D eigenvalue weighted by atomic mass is 10.1. The lowest BCUT2D eigenvalue weighted by Gasteiger charge is -2.25. The number of carboxylic acids is 1. The first kappa shape index (κ1) is 12.8. The van der Waals surface area contributed by atoms with Gasteiger partial charge in [0, 0.05) is 11.7 Å². The van der Waals surface area contributed by atoms with E-state index in [1.165, 1.54) is 12.8 Å². The highest BCUT2D eigenvalue weighted by Gasteiger charge is 2.30. The predicted octanol–water partition coefficient (Wildman–Crippen LogP) is 3.46. The molecule has 0 bridgehead atoms. The van der Waals surface area contributed by atoms with Crippen LogP contribution in [-0.2, 0) is 6.54 Å². The van der Waals surface area contributed by atoms with Crippen molar-refractivity contribution < 1.29 is 14.3 Å². The molecule has 104 valence electrons. The fourth-order valence-electron chi connectivity index (χ4n) is 2.48. The largest absolute Gasteiger partial charge is 0.478 e. The minimum absolute atomic E-state index is 0.333. The molecule has 2 aromatic rings. The van der Waals surface area contributed by atoms with Crippen molar-refractivity contribution in [2.45, 2.75) is 32.4 Å². The number of rotatable bonds is 5. The molecule has 1 aromatic heterocycles. The molecular formula is C16H17NO3. The van der Waals surface area contributed by atoms with Crippen molar-refractivity contribution in [3.05, 3.63) is 53.5 Å². The molecule has 1 aliphatic rings. The van der Waals surface area contributed by atoms with E-state index in [2.05, 4.69) is 4.90 Å². The summed E-state index contributed by atoms with van der Waals surface area (Å²) in [6.45, 7) is 2.68. The van der Waals surface area contributed by atoms with Gasteiger partial charge in [0.1, 0.15) is 5.76 Å². The van der Waals surface area contributed by atoms with Gasteiger partial charge in [-0.3, -0.25) is 0 Å². The van der Waals surface area contributed by atoms with Crippen molar-refractivity contribution >= 4 is 11.7 Å². The van der Waals surface area contributed by atoms with E-state index in [0.717, 1.165) is 23.6 Å². The van der Waals surface area contributed by atoms with E-state index < -0.39 is 5.97 Å². The maximum Gasteiger partial charge on any atom is 0.335 e. The van der Waals surface area contributed by atoms with Crippen molar-refractivity contribution in [3.8, 4) is 0 Å². The van der Waals surface area contributed by atoms with Gasteiger partial charge in [-0.1, -0.05) is 0 Å². The molecule has 0 unspecified atom stereocenters. The van der Waals surface area contributed by atoms with Crippen molar-refractivity contribution in [2.24, 2.45) is 0 Å². The molecule has 0 atom stereocenters. The summed E-state index contributed by atoms with van der Waals surface area (Å²) < 4.78 is 5.43. The van der Waals surface area contributed by atoms with Gasteiger partial charge in [-0.05, 0) is 55.7 Å². The van der Waals surface area contributed by atoms with Crippen LogP contribution in [0.4, 0.5) is 5.69 Å². The summed E-state index contributed by atoms with van der Waals surface area (Å²) in [4.78, 5) is 13.3. The van der Waals surface area contributed by atoms with Crippen molar-refractivity contribution in [2.75, 3.05) is 4.90 Å². The third-order valence-electron chi connectivity index (χ3n) is 3.65. The number of carbonyl (C=O) groups is 1. The monoisotopic (exact) mass is 271 g/mol. The van der Waals surface area contributed by atoms with E-state index in [-0.39, 0.29) is 0 Å². The summed E-state index contributed by atoms with van der Waals surface area (Å²) in [7, 11) is 0. The molecule has 4 heteroatoms. The third kappa shape index (κ3) is 2.54. The first-order chi connectivity index (χ1) is 9.65. The molecule has 1 N–H and O–H groups in total. The zero-order valence-electron chi connectivity index (χ0n) is 11.4. The van der Waals surface area contributed by atoms with Crippen LogP contribution in [0.1, 0.15) is 34.5 Å². The highest BCUT2D eigenvalue weighted by Crippen LogP contribution is 2.35. The number of benzene rings is 1. The molecule has 1 aromatic carbocycles. The quantitative estimate of drug-likeness (QED) is 0.904. The van der Waals surface area contributed by atoms with Crippen molar-refractivity contribution in [3.63, 3.8) is 0 Å². The molecule has 3 rings (SSSR count). The predicted molar refractivity (Wildman–Crippen MR) is 76.1 cm³/mol. The van der Waals surface area contributed by atoms with Crippen LogP contribution < -0.4 is 4.90 Å². The second kappa shape index (κ2) is 5.04. The second-order valence-corrected chi connectivity index (χ2v) is 5.24. The Morgan fingerprint density at radius 3 is 2.75 bits per heavy atom. The normalized spacial score (nSPS) is 14.2. The Balaban J connectivity index is 1.89. The number of aromatic carboxylic acids is 1. The maximum atomic E-state index is 11.0. The smallest absolute Gasteiger partial charge is 0.335 e. The van der Waals surface area contributed by atoms with Crippen LogP contribution in [0.3, 0.4) is 0 Å². The highest BCUT2D eigenvalue weighted by atomic mass is 16.4. The third-order valence-corrected chi connectivity index (χ3v) is 3.65. The molecule has 0 aliphatic heterocycles. The van der Waals surface area contributed by atoms with Crippen LogP contribution in [0.2, 0.25) is 0 Å². The molecule has 0 spiro atoms. The number of hydrogen-bond acceptors (Lipinski definition) is 3. The molecule has 20 heavy (non-hydrogen) atoms. The molecule has 4 nitrogen and oxygen atoms in total. The minimum Gasteiger partial charge on any atom is -0.478 e. The van der Waals surface area contributed by atoms with E-state index in [1.54, 1.807) is 18.4 Å². The average molecular weight is 271 g/mol. The Bertz CT molecular complexity index is 615. The van der Waals surface area contributed by atoms with Crippen LogP contribution in [0, 0.1) is 6.92 Å². The van der Waals surface area contributed by atoms with Crippen molar-refractivity contribution in [1.29, 1.82) is 0 Å². The number of nitrogens with zero attached hydrogens (tertiary/aromatic N) is 1. The lowest BCUT2D eigenvalue weighted by molar-refractivity contribution is 0.0697. The lowest BCUT2D eigenvalue weighted by Crippen LogP contribution is -2.25. The summed E-state index contributed by atoms with van der Waals surface area (Å²) in [6, 6.07) is 9.70. The van der Waals surface area contributed by atoms with Crippen molar-refractivity contribution in [1.82, 2.24) is 0 Å². The van der Waals surface area contributed by atoms with Crippen LogP contribution in [0.15, 0.2) is 41.0 Å². The van der Waals surface area contributed by atoms with Gasteiger partial charge in [-0.25, -0.2) is 4.79 Å². The Kier molecular flexibility index (Phi) is 3.22. The molecular weight excluding hydrogens is 254 g/mol. The second-order valence-electron chi connectivity index (χ2n) is 5.24. The van der Waals surface area contributed by atoms with Gasteiger partial charge < -0.3 is 14.4 Å². The summed E-state index contributed by atoms with van der Waals surface area (Å²) in [5, 5.41) is 9.04. The zero-order valence-corrected chi connectivity index (χ0v) is 11.4. The van der Waals surface area contributed by atoms with Crippen LogP contribution in [0.25, 0.3) is 0 Å². The van der Waals surface area contributed by atoms with Crippen LogP contribution in [-0.4, -0.2) is 17.1 Å². The molecule has 1 heterocycles. The average Bonchev–Trinajstić information content (AvgIpc) is 3.14. The summed E-state index contributed by atoms with van der Waals surface area (Å²) >= 11 is 0. The maximum absolute atomic E-state index is 11.0. The topological polar surface area (TPSA) is 53.7 Å². The Morgan fingerprint density at radius 2 is 2.20 bits per heavy atom. The van der Waals surface area contributed by atoms with E-state index in [4.69, 9.17) is 9.52 Å². The van der Waals surface area contributed by atoms with E-state index >= 15 is 0 Å². The van der Waals surface area contributed by atoms with E-state index in [9.17, 15) is 4.79 Å². The van der Waals surface area contributed by atoms with Gasteiger partial charge in [-0.2, -0.15) is 0 Å². The molecule has 1 fully saturated rings. The van der Waals surface area contributed by atoms with E-state index in [1.807, 2.05) is 25.1 Å². The number of hydrogen-bond donors (Lipinski definition) is 1. The van der Waals surface area contributed by atoms with Gasteiger partial charge >= 0.3 is 5.97 Å². The first-order valence-electron chi connectivity index (χ1n) is 6.78. The van der Waals surface area contributed by atoms with Gasteiger partial charge in [0.15, 0.2) is 0 Å². The van der Waals surface area contributed by atoms with E-state index in [0.29, 0.717) is 11.6 Å². The number of anilines is 1. The summed E-state index contributed by atoms with van der Waals surface area (Å²) in [5.41, 5.74) is 2.41. The van der Waals surface area contributed by atoms with Gasteiger partial charge in [0.2, 0.25) is 0 Å². The number of furan rings is 1. The standard InChI is InChI=1S/C16H17NO3/c1-11-9-12(16(18)19)4-7-15(11)17(13-5-6-13)10-14-3-2-8-20-14/h2-4,7-9,13H,5-6,10H2,1H3,(H,18,19). The highest BCUT2D eigenvalue weighted by molar-refractivity contribution is 5.88. The Labute approximate surface area is 117 Å².